The number of phenolic OH excluding ortho intramolecular Hbond substituents is 1. The Bertz CT molecular complexity index is 633. The van der Waals surface area contributed by atoms with Crippen molar-refractivity contribution >= 4 is 0 Å². The summed E-state index contributed by atoms with van der Waals surface area (Å²) >= 11 is 0. The number of piperidine rings is 1. The van der Waals surface area contributed by atoms with Crippen LogP contribution in [0, 0.1) is 11.8 Å². The maximum Gasteiger partial charge on any atom is 0.115 e. The molecule has 0 aliphatic carbocycles. The highest BCUT2D eigenvalue weighted by Crippen LogP contribution is 2.27. The number of hydrogen-bond acceptors (Lipinski definition) is 3. The Hall–Kier alpha value is -1.84. The Morgan fingerprint density at radius 1 is 1.00 bits per heavy atom. The molecule has 134 valence electrons. The lowest BCUT2D eigenvalue weighted by Crippen LogP contribution is -2.38. The van der Waals surface area contributed by atoms with Gasteiger partial charge in [0.25, 0.3) is 0 Å². The lowest BCUT2D eigenvalue weighted by Gasteiger charge is -2.34. The summed E-state index contributed by atoms with van der Waals surface area (Å²) in [6.45, 7) is 5.25. The van der Waals surface area contributed by atoms with Gasteiger partial charge in [0, 0.05) is 6.54 Å². The second-order valence-corrected chi connectivity index (χ2v) is 7.45. The van der Waals surface area contributed by atoms with Gasteiger partial charge in [-0.3, -0.25) is 0 Å². The van der Waals surface area contributed by atoms with Crippen LogP contribution in [-0.4, -0.2) is 34.7 Å². The van der Waals surface area contributed by atoms with E-state index in [-0.39, 0.29) is 11.7 Å². The summed E-state index contributed by atoms with van der Waals surface area (Å²) in [4.78, 5) is 2.48. The molecule has 3 rings (SSSR count). The number of hydrogen-bond donors (Lipinski definition) is 2. The Balaban J connectivity index is 1.46. The third-order valence-electron chi connectivity index (χ3n) is 5.39. The summed E-state index contributed by atoms with van der Waals surface area (Å²) in [5.41, 5.74) is 2.32. The molecule has 2 aromatic rings. The van der Waals surface area contributed by atoms with Crippen LogP contribution in [0.15, 0.2) is 54.6 Å². The number of rotatable bonds is 6. The molecule has 2 atom stereocenters. The van der Waals surface area contributed by atoms with Gasteiger partial charge in [-0.15, -0.1) is 0 Å². The van der Waals surface area contributed by atoms with E-state index in [0.717, 1.165) is 31.1 Å². The number of aliphatic hydroxyl groups excluding tert-OH is 1. The molecule has 0 spiro atoms. The number of phenols is 1. The van der Waals surface area contributed by atoms with Crippen molar-refractivity contribution in [3.8, 4) is 5.75 Å². The molecule has 1 fully saturated rings. The first-order valence-electron chi connectivity index (χ1n) is 9.35. The predicted octanol–water partition coefficient (Wildman–Crippen LogP) is 4.02. The fourth-order valence-electron chi connectivity index (χ4n) is 3.83. The normalized spacial score (nSPS) is 18.8. The van der Waals surface area contributed by atoms with Crippen molar-refractivity contribution in [1.82, 2.24) is 4.90 Å². The van der Waals surface area contributed by atoms with Crippen LogP contribution >= 0.6 is 0 Å². The zero-order valence-corrected chi connectivity index (χ0v) is 15.0. The fourth-order valence-corrected chi connectivity index (χ4v) is 3.83. The average molecular weight is 339 g/mol. The molecule has 0 amide bonds. The van der Waals surface area contributed by atoms with Crippen LogP contribution in [0.2, 0.25) is 0 Å². The number of aliphatic hydroxyl groups is 1. The minimum absolute atomic E-state index is 0.176. The fraction of sp³-hybridized carbons (Fsp3) is 0.455. The number of aromatic hydroxyl groups is 1. The third-order valence-corrected chi connectivity index (χ3v) is 5.39. The minimum Gasteiger partial charge on any atom is -0.508 e. The van der Waals surface area contributed by atoms with Gasteiger partial charge in [-0.1, -0.05) is 49.4 Å². The minimum atomic E-state index is -0.484. The molecule has 3 heteroatoms. The maximum atomic E-state index is 10.5. The molecule has 25 heavy (non-hydrogen) atoms. The summed E-state index contributed by atoms with van der Waals surface area (Å²) in [7, 11) is 0. The quantitative estimate of drug-likeness (QED) is 0.835. The van der Waals surface area contributed by atoms with Crippen molar-refractivity contribution in [2.75, 3.05) is 19.6 Å². The maximum absolute atomic E-state index is 10.5. The highest BCUT2D eigenvalue weighted by atomic mass is 16.3. The molecule has 1 aliphatic heterocycles. The number of nitrogens with zero attached hydrogens (tertiary/aromatic N) is 1. The van der Waals surface area contributed by atoms with E-state index in [1.165, 1.54) is 24.8 Å². The zero-order chi connectivity index (χ0) is 17.6. The van der Waals surface area contributed by atoms with E-state index in [1.54, 1.807) is 12.1 Å². The lowest BCUT2D eigenvalue weighted by atomic mass is 9.89. The average Bonchev–Trinajstić information content (AvgIpc) is 2.64. The summed E-state index contributed by atoms with van der Waals surface area (Å²) in [6, 6.07) is 17.7. The van der Waals surface area contributed by atoms with Gasteiger partial charge in [0.2, 0.25) is 0 Å². The van der Waals surface area contributed by atoms with Gasteiger partial charge in [-0.2, -0.15) is 0 Å². The molecule has 2 N–H and O–H groups in total. The summed E-state index contributed by atoms with van der Waals surface area (Å²) in [6.07, 6.45) is 3.16. The van der Waals surface area contributed by atoms with Crippen molar-refractivity contribution in [2.24, 2.45) is 11.8 Å². The van der Waals surface area contributed by atoms with Crippen LogP contribution in [-0.2, 0) is 6.42 Å². The van der Waals surface area contributed by atoms with Crippen molar-refractivity contribution in [2.45, 2.75) is 32.3 Å². The second kappa shape index (κ2) is 8.50. The van der Waals surface area contributed by atoms with E-state index in [0.29, 0.717) is 0 Å². The van der Waals surface area contributed by atoms with Crippen molar-refractivity contribution < 1.29 is 10.2 Å². The molecule has 0 radical (unpaired) electrons. The SMILES string of the molecule is C[C@@H](CN1CCC(Cc2ccccc2)CC1)C(O)c1ccc(O)cc1. The first kappa shape index (κ1) is 18.0. The van der Waals surface area contributed by atoms with Gasteiger partial charge in [-0.25, -0.2) is 0 Å². The predicted molar refractivity (Wildman–Crippen MR) is 102 cm³/mol. The molecule has 0 aromatic heterocycles. The molecule has 1 unspecified atom stereocenters. The standard InChI is InChI=1S/C22H29NO2/c1-17(22(25)20-7-9-21(24)10-8-20)16-23-13-11-19(12-14-23)15-18-5-3-2-4-6-18/h2-10,17,19,22,24-25H,11-16H2,1H3/t17-,22?/m0/s1. The van der Waals surface area contributed by atoms with E-state index in [4.69, 9.17) is 0 Å². The molecule has 0 bridgehead atoms. The van der Waals surface area contributed by atoms with Crippen LogP contribution in [0.5, 0.6) is 5.75 Å². The monoisotopic (exact) mass is 339 g/mol. The number of benzene rings is 2. The molecule has 3 nitrogen and oxygen atoms in total. The highest BCUT2D eigenvalue weighted by Gasteiger charge is 2.24. The summed E-state index contributed by atoms with van der Waals surface area (Å²) < 4.78 is 0. The molecule has 1 saturated heterocycles. The Labute approximate surface area is 150 Å². The van der Waals surface area contributed by atoms with E-state index >= 15 is 0 Å². The van der Waals surface area contributed by atoms with Crippen LogP contribution in [0.1, 0.15) is 37.0 Å². The first-order chi connectivity index (χ1) is 12.1. The van der Waals surface area contributed by atoms with Crippen molar-refractivity contribution in [3.05, 3.63) is 65.7 Å². The van der Waals surface area contributed by atoms with Gasteiger partial charge in [0.1, 0.15) is 5.75 Å². The highest BCUT2D eigenvalue weighted by molar-refractivity contribution is 5.27. The lowest BCUT2D eigenvalue weighted by molar-refractivity contribution is 0.0752. The second-order valence-electron chi connectivity index (χ2n) is 7.45. The number of likely N-dealkylation sites (tertiary alicyclic amines) is 1. The van der Waals surface area contributed by atoms with Gasteiger partial charge < -0.3 is 15.1 Å². The van der Waals surface area contributed by atoms with Gasteiger partial charge >= 0.3 is 0 Å². The Kier molecular flexibility index (Phi) is 6.11. The molecule has 1 heterocycles. The first-order valence-corrected chi connectivity index (χ1v) is 9.35. The Morgan fingerprint density at radius 2 is 1.64 bits per heavy atom. The molecule has 0 saturated carbocycles. The van der Waals surface area contributed by atoms with E-state index < -0.39 is 6.10 Å². The largest absolute Gasteiger partial charge is 0.508 e. The van der Waals surface area contributed by atoms with Crippen molar-refractivity contribution in [3.63, 3.8) is 0 Å². The van der Waals surface area contributed by atoms with Gasteiger partial charge in [0.05, 0.1) is 6.10 Å². The molecular formula is C22H29NO2. The zero-order valence-electron chi connectivity index (χ0n) is 15.0. The van der Waals surface area contributed by atoms with Crippen LogP contribution in [0.3, 0.4) is 0 Å². The Morgan fingerprint density at radius 3 is 2.28 bits per heavy atom. The van der Waals surface area contributed by atoms with Gasteiger partial charge in [-0.05, 0) is 67.4 Å². The molecule has 2 aromatic carbocycles. The smallest absolute Gasteiger partial charge is 0.115 e. The van der Waals surface area contributed by atoms with Crippen LogP contribution < -0.4 is 0 Å². The molecule has 1 aliphatic rings. The van der Waals surface area contributed by atoms with Crippen molar-refractivity contribution in [1.29, 1.82) is 0 Å². The molecular weight excluding hydrogens is 310 g/mol. The van der Waals surface area contributed by atoms with E-state index in [9.17, 15) is 10.2 Å². The summed E-state index contributed by atoms with van der Waals surface area (Å²) in [5, 5.41) is 19.9. The van der Waals surface area contributed by atoms with Gasteiger partial charge in [0.15, 0.2) is 0 Å². The topological polar surface area (TPSA) is 43.7 Å². The van der Waals surface area contributed by atoms with Crippen LogP contribution in [0.25, 0.3) is 0 Å². The third kappa shape index (κ3) is 5.07. The van der Waals surface area contributed by atoms with E-state index in [2.05, 4.69) is 42.2 Å². The van der Waals surface area contributed by atoms with E-state index in [1.807, 2.05) is 12.1 Å². The van der Waals surface area contributed by atoms with Crippen LogP contribution in [0.4, 0.5) is 0 Å². The summed E-state index contributed by atoms with van der Waals surface area (Å²) in [5.74, 6) is 1.19.